The van der Waals surface area contributed by atoms with Crippen LogP contribution in [0.1, 0.15) is 61.6 Å². The van der Waals surface area contributed by atoms with E-state index in [1.807, 2.05) is 0 Å². The third-order valence-corrected chi connectivity index (χ3v) is 5.80. The van der Waals surface area contributed by atoms with Crippen molar-refractivity contribution in [3.05, 3.63) is 34.9 Å². The van der Waals surface area contributed by atoms with Crippen molar-refractivity contribution in [2.24, 2.45) is 11.1 Å². The number of aliphatic hydroxyl groups is 1. The molecule has 20 heavy (non-hydrogen) atoms. The van der Waals surface area contributed by atoms with E-state index in [9.17, 15) is 5.11 Å². The lowest BCUT2D eigenvalue weighted by Gasteiger charge is -2.45. The first-order valence-corrected chi connectivity index (χ1v) is 8.14. The Morgan fingerprint density at radius 3 is 2.45 bits per heavy atom. The predicted molar refractivity (Wildman–Crippen MR) is 82.6 cm³/mol. The van der Waals surface area contributed by atoms with Gasteiger partial charge in [-0.3, -0.25) is 0 Å². The van der Waals surface area contributed by atoms with Gasteiger partial charge >= 0.3 is 0 Å². The Labute approximate surface area is 122 Å². The molecule has 1 aromatic carbocycles. The van der Waals surface area contributed by atoms with Crippen molar-refractivity contribution in [3.63, 3.8) is 0 Å². The summed E-state index contributed by atoms with van der Waals surface area (Å²) in [7, 11) is 0. The molecule has 1 aromatic rings. The Kier molecular flexibility index (Phi) is 3.64. The van der Waals surface area contributed by atoms with Crippen LogP contribution < -0.4 is 5.73 Å². The summed E-state index contributed by atoms with van der Waals surface area (Å²) in [5, 5.41) is 11.6. The first-order chi connectivity index (χ1) is 9.61. The number of fused-ring (bicyclic) bond motifs is 1. The van der Waals surface area contributed by atoms with E-state index < -0.39 is 5.60 Å². The molecule has 3 rings (SSSR count). The summed E-state index contributed by atoms with van der Waals surface area (Å²) in [5.41, 5.74) is 9.14. The SMILES string of the molecule is Cc1ccc2c(c1)C(O)(C1(CN)CCCCCC1)CC2. The molecular formula is C18H27NO. The van der Waals surface area contributed by atoms with Gasteiger partial charge in [0.05, 0.1) is 5.60 Å². The molecule has 0 bridgehead atoms. The smallest absolute Gasteiger partial charge is 0.0970 e. The zero-order valence-electron chi connectivity index (χ0n) is 12.6. The number of aryl methyl sites for hydroxylation is 2. The summed E-state index contributed by atoms with van der Waals surface area (Å²) in [6, 6.07) is 6.56. The zero-order chi connectivity index (χ0) is 14.2. The number of rotatable bonds is 2. The Hall–Kier alpha value is -0.860. The summed E-state index contributed by atoms with van der Waals surface area (Å²) < 4.78 is 0. The van der Waals surface area contributed by atoms with Crippen LogP contribution in [0.4, 0.5) is 0 Å². The van der Waals surface area contributed by atoms with Crippen molar-refractivity contribution in [2.45, 2.75) is 63.9 Å². The highest BCUT2D eigenvalue weighted by molar-refractivity contribution is 5.42. The van der Waals surface area contributed by atoms with Crippen LogP contribution >= 0.6 is 0 Å². The highest BCUT2D eigenvalue weighted by Gasteiger charge is 2.52. The third kappa shape index (κ3) is 2.01. The highest BCUT2D eigenvalue weighted by Crippen LogP contribution is 2.54. The normalized spacial score (nSPS) is 28.9. The number of hydrogen-bond acceptors (Lipinski definition) is 2. The van der Waals surface area contributed by atoms with Gasteiger partial charge in [0.1, 0.15) is 0 Å². The van der Waals surface area contributed by atoms with Gasteiger partial charge in [-0.1, -0.05) is 49.4 Å². The lowest BCUT2D eigenvalue weighted by atomic mass is 9.64. The van der Waals surface area contributed by atoms with Gasteiger partial charge in [-0.05, 0) is 43.7 Å². The number of nitrogens with two attached hydrogens (primary N) is 1. The van der Waals surface area contributed by atoms with Crippen molar-refractivity contribution in [2.75, 3.05) is 6.54 Å². The van der Waals surface area contributed by atoms with Gasteiger partial charge in [-0.25, -0.2) is 0 Å². The lowest BCUT2D eigenvalue weighted by molar-refractivity contribution is -0.0949. The van der Waals surface area contributed by atoms with Gasteiger partial charge in [0.15, 0.2) is 0 Å². The van der Waals surface area contributed by atoms with E-state index >= 15 is 0 Å². The molecule has 0 amide bonds. The standard InChI is InChI=1S/C18H27NO/c1-14-6-7-15-8-11-18(20,16(15)12-14)17(13-19)9-4-2-3-5-10-17/h6-7,12,20H,2-5,8-11,13,19H2,1H3. The van der Waals surface area contributed by atoms with Crippen molar-refractivity contribution in [3.8, 4) is 0 Å². The zero-order valence-corrected chi connectivity index (χ0v) is 12.6. The minimum absolute atomic E-state index is 0.109. The van der Waals surface area contributed by atoms with E-state index in [2.05, 4.69) is 25.1 Å². The molecule has 3 N–H and O–H groups in total. The summed E-state index contributed by atoms with van der Waals surface area (Å²) in [5.74, 6) is 0. The van der Waals surface area contributed by atoms with Crippen LogP contribution in [0.5, 0.6) is 0 Å². The van der Waals surface area contributed by atoms with E-state index in [-0.39, 0.29) is 5.41 Å². The molecule has 0 aromatic heterocycles. The molecule has 1 atom stereocenters. The van der Waals surface area contributed by atoms with E-state index in [0.717, 1.165) is 25.7 Å². The average molecular weight is 273 g/mol. The van der Waals surface area contributed by atoms with E-state index in [0.29, 0.717) is 6.54 Å². The molecule has 1 saturated carbocycles. The Morgan fingerprint density at radius 2 is 1.80 bits per heavy atom. The molecule has 0 saturated heterocycles. The second-order valence-electron chi connectivity index (χ2n) is 6.92. The molecule has 2 nitrogen and oxygen atoms in total. The highest BCUT2D eigenvalue weighted by atomic mass is 16.3. The van der Waals surface area contributed by atoms with Crippen molar-refractivity contribution < 1.29 is 5.11 Å². The first kappa shape index (κ1) is 14.1. The van der Waals surface area contributed by atoms with Gasteiger partial charge in [-0.2, -0.15) is 0 Å². The number of hydrogen-bond donors (Lipinski definition) is 2. The van der Waals surface area contributed by atoms with Crippen LogP contribution in [0, 0.1) is 12.3 Å². The maximum atomic E-state index is 11.6. The average Bonchev–Trinajstić information content (AvgIpc) is 2.67. The second-order valence-corrected chi connectivity index (χ2v) is 6.92. The predicted octanol–water partition coefficient (Wildman–Crippen LogP) is 3.43. The van der Waals surface area contributed by atoms with Crippen LogP contribution in [0.15, 0.2) is 18.2 Å². The Morgan fingerprint density at radius 1 is 1.10 bits per heavy atom. The summed E-state index contributed by atoms with van der Waals surface area (Å²) in [6.07, 6.45) is 9.00. The summed E-state index contributed by atoms with van der Waals surface area (Å²) >= 11 is 0. The van der Waals surface area contributed by atoms with Gasteiger partial charge < -0.3 is 10.8 Å². The van der Waals surface area contributed by atoms with Crippen LogP contribution in [0.2, 0.25) is 0 Å². The molecule has 2 heteroatoms. The van der Waals surface area contributed by atoms with E-state index in [4.69, 9.17) is 5.73 Å². The van der Waals surface area contributed by atoms with Crippen LogP contribution in [-0.2, 0) is 12.0 Å². The molecule has 2 aliphatic carbocycles. The monoisotopic (exact) mass is 273 g/mol. The maximum Gasteiger partial charge on any atom is 0.0970 e. The van der Waals surface area contributed by atoms with Gasteiger partial charge in [-0.15, -0.1) is 0 Å². The molecule has 2 aliphatic rings. The lowest BCUT2D eigenvalue weighted by Crippen LogP contribution is -2.49. The molecule has 0 spiro atoms. The fourth-order valence-corrected chi connectivity index (χ4v) is 4.49. The molecule has 0 aliphatic heterocycles. The van der Waals surface area contributed by atoms with Gasteiger partial charge in [0.2, 0.25) is 0 Å². The largest absolute Gasteiger partial charge is 0.385 e. The molecular weight excluding hydrogens is 246 g/mol. The molecule has 0 heterocycles. The van der Waals surface area contributed by atoms with Crippen molar-refractivity contribution >= 4 is 0 Å². The summed E-state index contributed by atoms with van der Waals surface area (Å²) in [4.78, 5) is 0. The Balaban J connectivity index is 2.06. The topological polar surface area (TPSA) is 46.2 Å². The molecule has 0 radical (unpaired) electrons. The van der Waals surface area contributed by atoms with Crippen molar-refractivity contribution in [1.29, 1.82) is 0 Å². The number of benzene rings is 1. The van der Waals surface area contributed by atoms with Gasteiger partial charge in [0.25, 0.3) is 0 Å². The molecule has 1 fully saturated rings. The summed E-state index contributed by atoms with van der Waals surface area (Å²) in [6.45, 7) is 2.72. The maximum absolute atomic E-state index is 11.6. The quantitative estimate of drug-likeness (QED) is 0.811. The van der Waals surface area contributed by atoms with E-state index in [1.165, 1.54) is 42.4 Å². The fraction of sp³-hybridized carbons (Fsp3) is 0.667. The Bertz CT molecular complexity index is 488. The third-order valence-electron chi connectivity index (χ3n) is 5.80. The first-order valence-electron chi connectivity index (χ1n) is 8.14. The molecule has 1 unspecified atom stereocenters. The van der Waals surface area contributed by atoms with Crippen LogP contribution in [0.3, 0.4) is 0 Å². The van der Waals surface area contributed by atoms with Crippen LogP contribution in [-0.4, -0.2) is 11.7 Å². The van der Waals surface area contributed by atoms with Crippen molar-refractivity contribution in [1.82, 2.24) is 0 Å². The molecule has 110 valence electrons. The van der Waals surface area contributed by atoms with Crippen LogP contribution in [0.25, 0.3) is 0 Å². The fourth-order valence-electron chi connectivity index (χ4n) is 4.49. The van der Waals surface area contributed by atoms with Gasteiger partial charge in [0, 0.05) is 12.0 Å². The minimum atomic E-state index is -0.701. The minimum Gasteiger partial charge on any atom is -0.385 e. The second kappa shape index (κ2) is 5.16. The van der Waals surface area contributed by atoms with E-state index in [1.54, 1.807) is 0 Å².